The molecule has 0 rings (SSSR count). The van der Waals surface area contributed by atoms with Crippen molar-refractivity contribution in [3.8, 4) is 0 Å². The number of phosphoric acid groups is 1. The Labute approximate surface area is 293 Å². The molecule has 0 heterocycles. The number of aliphatic hydroxyl groups excluding tert-OH is 1. The summed E-state index contributed by atoms with van der Waals surface area (Å²) in [6.07, 6.45) is 36.5. The molecule has 0 aromatic rings. The summed E-state index contributed by atoms with van der Waals surface area (Å²) >= 11 is 0. The third kappa shape index (κ3) is 48.7. The molecule has 1 atom stereocenters. The Hall–Kier alpha value is 0.340. The van der Waals surface area contributed by atoms with Crippen molar-refractivity contribution < 1.29 is 33.5 Å². The lowest BCUT2D eigenvalue weighted by Crippen LogP contribution is -2.26. The van der Waals surface area contributed by atoms with E-state index in [1.54, 1.807) is 6.92 Å². The first kappa shape index (κ1) is 50.7. The number of unbranched alkanes of at least 4 members (excludes halogenated alkanes) is 26. The van der Waals surface area contributed by atoms with Gasteiger partial charge in [-0.3, -0.25) is 4.52 Å². The van der Waals surface area contributed by atoms with Crippen molar-refractivity contribution in [2.75, 3.05) is 33.0 Å². The molecule has 0 fully saturated rings. The number of hydrogen-bond donors (Lipinski definition) is 3. The molecule has 0 aliphatic heterocycles. The minimum atomic E-state index is -4.51. The number of aliphatic hydroxyl groups is 1. The fourth-order valence-electron chi connectivity index (χ4n) is 5.48. The van der Waals surface area contributed by atoms with Crippen LogP contribution in [-0.2, 0) is 18.6 Å². The predicted octanol–water partition coefficient (Wildman–Crippen LogP) is 11.6. The third-order valence-corrected chi connectivity index (χ3v) is 8.71. The lowest BCUT2D eigenvalue weighted by molar-refractivity contribution is -0.0429. The lowest BCUT2D eigenvalue weighted by Gasteiger charge is -2.18. The highest BCUT2D eigenvalue weighted by molar-refractivity contribution is 7.59. The van der Waals surface area contributed by atoms with Gasteiger partial charge in [0.2, 0.25) is 0 Å². The first-order valence-electron chi connectivity index (χ1n) is 19.4. The number of ether oxygens (including phenoxy) is 2. The highest BCUT2D eigenvalue weighted by Gasteiger charge is 2.19. The largest absolute Gasteiger partial charge is 0.469 e. The van der Waals surface area contributed by atoms with E-state index < -0.39 is 13.9 Å². The molecule has 282 valence electrons. The van der Waals surface area contributed by atoms with Crippen LogP contribution in [-0.4, -0.2) is 54.0 Å². The Balaban J connectivity index is -0.00000443. The van der Waals surface area contributed by atoms with Crippen LogP contribution in [0.4, 0.5) is 0 Å². The molecule has 0 spiro atoms. The van der Waals surface area contributed by atoms with Crippen molar-refractivity contribution in [2.24, 2.45) is 0 Å². The van der Waals surface area contributed by atoms with E-state index in [9.17, 15) is 4.57 Å². The third-order valence-electron chi connectivity index (χ3n) is 8.23. The standard InChI is InChI=1S/C35H73O6P.C2H6O.H2S/c1-3-5-7-9-11-13-15-17-19-21-23-25-27-29-31-39-33-35(34-41-42(36,37)38)40-32-30-28-26-24-22-20-18-16-14-12-10-8-6-4-2;1-2-3;/h35H,3-34H2,1-2H3,(H2,36,37,38);3H,2H2,1H3;1H2. The number of phosphoric ester groups is 1. The zero-order valence-electron chi connectivity index (χ0n) is 30.8. The summed E-state index contributed by atoms with van der Waals surface area (Å²) in [5, 5.41) is 7.57. The molecule has 0 radical (unpaired) electrons. The molecule has 3 N–H and O–H groups in total. The topological polar surface area (TPSA) is 105 Å². The van der Waals surface area contributed by atoms with Gasteiger partial charge in [0, 0.05) is 19.8 Å². The molecule has 0 aliphatic rings. The van der Waals surface area contributed by atoms with Crippen molar-refractivity contribution in [3.63, 3.8) is 0 Å². The SMILES string of the molecule is CCCCCCCCCCCCCCCCOCC(COP(=O)(O)O)OCCCCCCCCCCCCCCCC.CCO.S. The molecule has 0 aromatic heterocycles. The van der Waals surface area contributed by atoms with E-state index in [1.807, 2.05) is 0 Å². The van der Waals surface area contributed by atoms with Crippen molar-refractivity contribution in [1.82, 2.24) is 0 Å². The maximum absolute atomic E-state index is 11.1. The van der Waals surface area contributed by atoms with Gasteiger partial charge in [0.25, 0.3) is 0 Å². The molecule has 0 amide bonds. The Morgan fingerprint density at radius 1 is 0.478 bits per heavy atom. The summed E-state index contributed by atoms with van der Waals surface area (Å²) < 4.78 is 27.5. The minimum Gasteiger partial charge on any atom is -0.397 e. The second-order valence-corrected chi connectivity index (χ2v) is 14.1. The van der Waals surface area contributed by atoms with Gasteiger partial charge in [0.1, 0.15) is 6.10 Å². The highest BCUT2D eigenvalue weighted by atomic mass is 32.1. The second-order valence-electron chi connectivity index (χ2n) is 12.9. The monoisotopic (exact) mass is 701 g/mol. The van der Waals surface area contributed by atoms with Gasteiger partial charge < -0.3 is 24.4 Å². The van der Waals surface area contributed by atoms with Gasteiger partial charge in [-0.2, -0.15) is 13.5 Å². The van der Waals surface area contributed by atoms with Gasteiger partial charge in [0.15, 0.2) is 0 Å². The van der Waals surface area contributed by atoms with Crippen LogP contribution in [0, 0.1) is 0 Å². The smallest absolute Gasteiger partial charge is 0.397 e. The van der Waals surface area contributed by atoms with Gasteiger partial charge in [-0.05, 0) is 19.8 Å². The molecule has 0 saturated carbocycles. The first-order chi connectivity index (χ1) is 21.9. The highest BCUT2D eigenvalue weighted by Crippen LogP contribution is 2.35. The Kier molecular flexibility index (Phi) is 47.8. The van der Waals surface area contributed by atoms with E-state index in [1.165, 1.54) is 161 Å². The van der Waals surface area contributed by atoms with Crippen molar-refractivity contribution in [3.05, 3.63) is 0 Å². The zero-order valence-corrected chi connectivity index (χ0v) is 32.7. The van der Waals surface area contributed by atoms with Crippen LogP contribution < -0.4 is 0 Å². The number of rotatable bonds is 36. The Morgan fingerprint density at radius 3 is 1.07 bits per heavy atom. The van der Waals surface area contributed by atoms with Crippen LogP contribution >= 0.6 is 21.3 Å². The van der Waals surface area contributed by atoms with Crippen LogP contribution in [0.15, 0.2) is 0 Å². The maximum atomic E-state index is 11.1. The van der Waals surface area contributed by atoms with Crippen LogP contribution in [0.25, 0.3) is 0 Å². The minimum absolute atomic E-state index is 0. The van der Waals surface area contributed by atoms with Crippen LogP contribution in [0.3, 0.4) is 0 Å². The summed E-state index contributed by atoms with van der Waals surface area (Å²) in [5.41, 5.74) is 0. The molecule has 0 bridgehead atoms. The van der Waals surface area contributed by atoms with Gasteiger partial charge in [-0.25, -0.2) is 4.57 Å². The van der Waals surface area contributed by atoms with Crippen molar-refractivity contribution in [1.29, 1.82) is 0 Å². The molecule has 9 heteroatoms. The molecule has 0 aliphatic carbocycles. The Morgan fingerprint density at radius 2 is 0.761 bits per heavy atom. The average molecular weight is 701 g/mol. The van der Waals surface area contributed by atoms with Crippen LogP contribution in [0.2, 0.25) is 0 Å². The van der Waals surface area contributed by atoms with Crippen LogP contribution in [0.1, 0.15) is 201 Å². The second kappa shape index (κ2) is 43.4. The van der Waals surface area contributed by atoms with Gasteiger partial charge >= 0.3 is 7.82 Å². The Bertz CT molecular complexity index is 580. The van der Waals surface area contributed by atoms with Crippen LogP contribution in [0.5, 0.6) is 0 Å². The van der Waals surface area contributed by atoms with E-state index in [4.69, 9.17) is 28.9 Å². The summed E-state index contributed by atoms with van der Waals surface area (Å²) in [7, 11) is -4.51. The molecule has 0 saturated heterocycles. The predicted molar refractivity (Wildman–Crippen MR) is 202 cm³/mol. The van der Waals surface area contributed by atoms with Gasteiger partial charge in [-0.1, -0.05) is 181 Å². The van der Waals surface area contributed by atoms with Gasteiger partial charge in [-0.15, -0.1) is 0 Å². The quantitative estimate of drug-likeness (QED) is 0.0441. The fourth-order valence-corrected chi connectivity index (χ4v) is 5.85. The number of hydrogen-bond acceptors (Lipinski definition) is 5. The van der Waals surface area contributed by atoms with Crippen molar-refractivity contribution in [2.45, 2.75) is 207 Å². The zero-order chi connectivity index (χ0) is 33.5. The molecule has 46 heavy (non-hydrogen) atoms. The first-order valence-corrected chi connectivity index (χ1v) is 20.9. The summed E-state index contributed by atoms with van der Waals surface area (Å²) in [5.74, 6) is 0. The van der Waals surface area contributed by atoms with E-state index in [0.29, 0.717) is 19.8 Å². The van der Waals surface area contributed by atoms with E-state index in [-0.39, 0.29) is 26.7 Å². The normalized spacial score (nSPS) is 12.0. The van der Waals surface area contributed by atoms with E-state index >= 15 is 0 Å². The summed E-state index contributed by atoms with van der Waals surface area (Å²) in [6, 6.07) is 0. The average Bonchev–Trinajstić information content (AvgIpc) is 3.01. The fraction of sp³-hybridized carbons (Fsp3) is 1.00. The summed E-state index contributed by atoms with van der Waals surface area (Å²) in [6.45, 7) is 7.89. The van der Waals surface area contributed by atoms with E-state index in [2.05, 4.69) is 13.8 Å². The lowest BCUT2D eigenvalue weighted by atomic mass is 10.0. The molecular weight excluding hydrogens is 619 g/mol. The van der Waals surface area contributed by atoms with E-state index in [0.717, 1.165) is 19.3 Å². The molecule has 1 unspecified atom stereocenters. The molecular formula is C37H81O7PS. The van der Waals surface area contributed by atoms with Crippen molar-refractivity contribution >= 4 is 21.3 Å². The summed E-state index contributed by atoms with van der Waals surface area (Å²) in [4.78, 5) is 18.2. The van der Waals surface area contributed by atoms with Gasteiger partial charge in [0.05, 0.1) is 13.2 Å². The maximum Gasteiger partial charge on any atom is 0.469 e. The molecule has 7 nitrogen and oxygen atoms in total. The molecule has 0 aromatic carbocycles.